The van der Waals surface area contributed by atoms with Gasteiger partial charge in [0, 0.05) is 4.90 Å². The zero-order valence-corrected chi connectivity index (χ0v) is 12.2. The number of allylic oxidation sites excluding steroid dienone is 2. The normalized spacial score (nSPS) is 21.4. The Kier molecular flexibility index (Phi) is 3.37. The van der Waals surface area contributed by atoms with Crippen molar-refractivity contribution >= 4 is 23.0 Å². The van der Waals surface area contributed by atoms with Crippen LogP contribution in [0.1, 0.15) is 0 Å². The van der Waals surface area contributed by atoms with Gasteiger partial charge in [-0.1, -0.05) is 12.1 Å². The molecule has 3 rings (SSSR count). The van der Waals surface area contributed by atoms with Crippen LogP contribution in [0.4, 0.5) is 11.4 Å². The molecule has 3 N–H and O–H groups in total. The van der Waals surface area contributed by atoms with E-state index >= 15 is 0 Å². The van der Waals surface area contributed by atoms with E-state index in [1.807, 2.05) is 0 Å². The summed E-state index contributed by atoms with van der Waals surface area (Å²) in [5.74, 6) is -1.06. The highest BCUT2D eigenvalue weighted by molar-refractivity contribution is 6.14. The topological polar surface area (TPSA) is 174 Å². The average molecular weight is 347 g/mol. The molecule has 0 radical (unpaired) electrons. The average Bonchev–Trinajstić information content (AvgIpc) is 2.55. The summed E-state index contributed by atoms with van der Waals surface area (Å²) in [6, 6.07) is 6.14. The Balaban J connectivity index is 2.31. The van der Waals surface area contributed by atoms with E-state index in [0.717, 1.165) is 0 Å². The van der Waals surface area contributed by atoms with Crippen molar-refractivity contribution < 1.29 is 24.8 Å². The van der Waals surface area contributed by atoms with Crippen molar-refractivity contribution in [2.24, 2.45) is 0 Å². The number of para-hydroxylation sites is 2. The molecule has 0 aromatic heterocycles. The smallest absolute Gasteiger partial charge is 0.299 e. The third-order valence-electron chi connectivity index (χ3n) is 3.79. The molecule has 1 aliphatic heterocycles. The van der Waals surface area contributed by atoms with Gasteiger partial charge in [-0.2, -0.15) is 0 Å². The molecule has 0 bridgehead atoms. The van der Waals surface area contributed by atoms with Crippen LogP contribution in [0.2, 0.25) is 0 Å². The van der Waals surface area contributed by atoms with Gasteiger partial charge in [0.1, 0.15) is 0 Å². The van der Waals surface area contributed by atoms with Crippen LogP contribution in [0.3, 0.4) is 0 Å². The molecular formula is C13H9N5O7. The maximum Gasteiger partial charge on any atom is 0.299 e. The first-order chi connectivity index (χ1) is 11.8. The highest BCUT2D eigenvalue weighted by Gasteiger charge is 2.63. The number of hydrogen-bond acceptors (Lipinski definition) is 8. The lowest BCUT2D eigenvalue weighted by Gasteiger charge is -2.34. The number of hydrogen-bond donors (Lipinski definition) is 3. The number of rotatable bonds is 2. The van der Waals surface area contributed by atoms with E-state index < -0.39 is 43.3 Å². The Bertz CT molecular complexity index is 879. The van der Waals surface area contributed by atoms with Crippen LogP contribution in [0.25, 0.3) is 0 Å². The van der Waals surface area contributed by atoms with Crippen molar-refractivity contribution in [3.8, 4) is 0 Å². The number of carbonyl (C=O) groups excluding carboxylic acids is 1. The third kappa shape index (κ3) is 2.23. The maximum absolute atomic E-state index is 12.6. The van der Waals surface area contributed by atoms with Gasteiger partial charge in [0.2, 0.25) is 0 Å². The van der Waals surface area contributed by atoms with Gasteiger partial charge < -0.3 is 15.8 Å². The highest BCUT2D eigenvalue weighted by Crippen LogP contribution is 2.40. The SMILES string of the molecule is O=C1Nc2ccccc2NC12C([N+](=O)[O-])=CC(=[N+]([O-])O)C=C2[N+](=O)[O-]. The van der Waals surface area contributed by atoms with Crippen molar-refractivity contribution in [2.75, 3.05) is 10.6 Å². The van der Waals surface area contributed by atoms with E-state index in [2.05, 4.69) is 10.6 Å². The molecule has 0 atom stereocenters. The third-order valence-corrected chi connectivity index (χ3v) is 3.79. The molecule has 12 heteroatoms. The first-order valence-electron chi connectivity index (χ1n) is 6.72. The van der Waals surface area contributed by atoms with Crippen LogP contribution in [-0.4, -0.2) is 37.1 Å². The summed E-state index contributed by atoms with van der Waals surface area (Å²) in [5.41, 5.74) is -4.67. The lowest BCUT2D eigenvalue weighted by atomic mass is 9.83. The first kappa shape index (κ1) is 15.9. The number of fused-ring (bicyclic) bond motifs is 1. The summed E-state index contributed by atoms with van der Waals surface area (Å²) in [4.78, 5) is 32.7. The Morgan fingerprint density at radius 2 is 1.48 bits per heavy atom. The minimum absolute atomic E-state index is 0.217. The number of amides is 1. The van der Waals surface area contributed by atoms with E-state index in [1.54, 1.807) is 12.1 Å². The Labute approximate surface area is 138 Å². The fraction of sp³-hybridized carbons (Fsp3) is 0.0769. The summed E-state index contributed by atoms with van der Waals surface area (Å²) in [6.07, 6.45) is 1.20. The predicted octanol–water partition coefficient (Wildman–Crippen LogP) is 0.465. The van der Waals surface area contributed by atoms with Gasteiger partial charge in [0.25, 0.3) is 28.6 Å². The molecule has 1 aromatic rings. The highest BCUT2D eigenvalue weighted by atomic mass is 16.8. The van der Waals surface area contributed by atoms with Crippen LogP contribution in [0, 0.1) is 25.4 Å². The molecule has 0 saturated heterocycles. The van der Waals surface area contributed by atoms with Crippen molar-refractivity contribution in [3.05, 3.63) is 73.2 Å². The minimum atomic E-state index is -2.47. The molecule has 1 amide bonds. The lowest BCUT2D eigenvalue weighted by Crippen LogP contribution is -2.59. The first-order valence-corrected chi connectivity index (χ1v) is 6.72. The van der Waals surface area contributed by atoms with E-state index in [0.29, 0.717) is 12.2 Å². The zero-order valence-electron chi connectivity index (χ0n) is 12.2. The molecule has 2 aliphatic rings. The molecule has 1 aliphatic carbocycles. The molecule has 0 unspecified atom stereocenters. The molecule has 0 saturated carbocycles. The van der Waals surface area contributed by atoms with Gasteiger partial charge in [-0.25, -0.2) is 0 Å². The molecule has 0 fully saturated rings. The van der Waals surface area contributed by atoms with Crippen molar-refractivity contribution in [1.29, 1.82) is 0 Å². The Morgan fingerprint density at radius 1 is 0.960 bits per heavy atom. The van der Waals surface area contributed by atoms with E-state index in [1.165, 1.54) is 12.1 Å². The summed E-state index contributed by atoms with van der Waals surface area (Å²) in [6.45, 7) is 0. The maximum atomic E-state index is 12.6. The minimum Gasteiger partial charge on any atom is -0.417 e. The van der Waals surface area contributed by atoms with Crippen molar-refractivity contribution in [1.82, 2.24) is 0 Å². The lowest BCUT2D eigenvalue weighted by molar-refractivity contribution is -0.725. The number of nitrogens with one attached hydrogen (secondary N) is 2. The fourth-order valence-electron chi connectivity index (χ4n) is 2.70. The number of nitrogens with zero attached hydrogens (tertiary/aromatic N) is 3. The van der Waals surface area contributed by atoms with Gasteiger partial charge in [0.05, 0.1) is 33.4 Å². The monoisotopic (exact) mass is 347 g/mol. The number of anilines is 2. The molecule has 1 aromatic carbocycles. The van der Waals surface area contributed by atoms with E-state index in [4.69, 9.17) is 5.21 Å². The van der Waals surface area contributed by atoms with E-state index in [9.17, 15) is 30.2 Å². The quantitative estimate of drug-likeness (QED) is 0.299. The van der Waals surface area contributed by atoms with Crippen LogP contribution < -0.4 is 10.6 Å². The summed E-state index contributed by atoms with van der Waals surface area (Å²) < 4.78 is 0. The van der Waals surface area contributed by atoms with Crippen LogP contribution in [-0.2, 0) is 4.79 Å². The van der Waals surface area contributed by atoms with Gasteiger partial charge in [-0.15, -0.1) is 0 Å². The number of nitro groups is 2. The summed E-state index contributed by atoms with van der Waals surface area (Å²) in [7, 11) is 0. The fourth-order valence-corrected chi connectivity index (χ4v) is 2.70. The molecule has 12 nitrogen and oxygen atoms in total. The van der Waals surface area contributed by atoms with Crippen molar-refractivity contribution in [2.45, 2.75) is 5.54 Å². The summed E-state index contributed by atoms with van der Waals surface area (Å²) >= 11 is 0. The predicted molar refractivity (Wildman–Crippen MR) is 82.0 cm³/mol. The van der Waals surface area contributed by atoms with Crippen LogP contribution >= 0.6 is 0 Å². The second kappa shape index (κ2) is 5.30. The molecule has 1 spiro atoms. The summed E-state index contributed by atoms with van der Waals surface area (Å²) in [5, 5.41) is 47.9. The van der Waals surface area contributed by atoms with Crippen LogP contribution in [0.5, 0.6) is 0 Å². The molecule has 128 valence electrons. The van der Waals surface area contributed by atoms with Crippen LogP contribution in [0.15, 0.2) is 47.8 Å². The molecule has 25 heavy (non-hydrogen) atoms. The number of carbonyl (C=O) groups is 1. The molecular weight excluding hydrogens is 338 g/mol. The standard InChI is InChI=1S/C13H9N5O7/c19-12-13(15-9-4-2-1-3-8(9)14-12)10(17(22)23)5-7(16(20)21)6-11(13)18(24)25/h1-6,15H,(H,14,19)(H,20,21). The zero-order chi connectivity index (χ0) is 18.4. The largest absolute Gasteiger partial charge is 0.417 e. The molecule has 1 heterocycles. The van der Waals surface area contributed by atoms with Gasteiger partial charge in [0.15, 0.2) is 0 Å². The van der Waals surface area contributed by atoms with Crippen molar-refractivity contribution in [3.63, 3.8) is 0 Å². The second-order valence-electron chi connectivity index (χ2n) is 5.15. The number of benzene rings is 1. The Morgan fingerprint density at radius 3 is 1.96 bits per heavy atom. The van der Waals surface area contributed by atoms with Gasteiger partial charge in [-0.3, -0.25) is 30.2 Å². The van der Waals surface area contributed by atoms with Gasteiger partial charge >= 0.3 is 0 Å². The second-order valence-corrected chi connectivity index (χ2v) is 5.15. The van der Waals surface area contributed by atoms with E-state index in [-0.39, 0.29) is 11.4 Å². The van der Waals surface area contributed by atoms with Gasteiger partial charge in [-0.05, 0) is 12.1 Å². The Hall–Kier alpha value is -3.96.